The number of aromatic nitrogens is 1. The van der Waals surface area contributed by atoms with Crippen molar-refractivity contribution in [2.24, 2.45) is 0 Å². The molecule has 3 aromatic heterocycles. The van der Waals surface area contributed by atoms with Crippen LogP contribution in [-0.4, -0.2) is 41.3 Å². The fourth-order valence-electron chi connectivity index (χ4n) is 3.04. The van der Waals surface area contributed by atoms with Gasteiger partial charge in [0.1, 0.15) is 0 Å². The molecule has 2 N–H and O–H groups in total. The SMILES string of the molecule is CCN(CC)C(CNC(=O)Cc1csc(NC(=O)c2cccs2)n1)c1ccsc1. The Hall–Kier alpha value is -2.07. The zero-order chi connectivity index (χ0) is 20.6. The molecule has 3 heterocycles. The highest BCUT2D eigenvalue weighted by Crippen LogP contribution is 2.22. The van der Waals surface area contributed by atoms with Gasteiger partial charge in [-0.25, -0.2) is 4.98 Å². The van der Waals surface area contributed by atoms with Crippen LogP contribution in [0.3, 0.4) is 0 Å². The second-order valence-electron chi connectivity index (χ2n) is 6.35. The Balaban J connectivity index is 1.53. The molecule has 29 heavy (non-hydrogen) atoms. The van der Waals surface area contributed by atoms with Crippen LogP contribution in [0.25, 0.3) is 0 Å². The maximum Gasteiger partial charge on any atom is 0.267 e. The molecule has 0 radical (unpaired) electrons. The Kier molecular flexibility index (Phi) is 7.93. The highest BCUT2D eigenvalue weighted by Gasteiger charge is 2.19. The minimum Gasteiger partial charge on any atom is -0.354 e. The highest BCUT2D eigenvalue weighted by atomic mass is 32.1. The Morgan fingerprint density at radius 3 is 2.62 bits per heavy atom. The maximum atomic E-state index is 12.5. The predicted molar refractivity (Wildman–Crippen MR) is 121 cm³/mol. The van der Waals surface area contributed by atoms with Gasteiger partial charge in [-0.1, -0.05) is 19.9 Å². The lowest BCUT2D eigenvalue weighted by molar-refractivity contribution is -0.120. The van der Waals surface area contributed by atoms with Gasteiger partial charge < -0.3 is 5.32 Å². The Morgan fingerprint density at radius 2 is 1.97 bits per heavy atom. The van der Waals surface area contributed by atoms with Crippen LogP contribution in [0.4, 0.5) is 5.13 Å². The number of thiophene rings is 2. The van der Waals surface area contributed by atoms with Crippen molar-refractivity contribution in [3.8, 4) is 0 Å². The first-order valence-corrected chi connectivity index (χ1v) is 12.1. The number of hydrogen-bond donors (Lipinski definition) is 2. The summed E-state index contributed by atoms with van der Waals surface area (Å²) in [5.41, 5.74) is 1.88. The first kappa shape index (κ1) is 21.6. The number of nitrogens with zero attached hydrogens (tertiary/aromatic N) is 2. The van der Waals surface area contributed by atoms with E-state index in [0.717, 1.165) is 13.1 Å². The van der Waals surface area contributed by atoms with Crippen molar-refractivity contribution < 1.29 is 9.59 Å². The van der Waals surface area contributed by atoms with Crippen molar-refractivity contribution in [1.82, 2.24) is 15.2 Å². The first-order valence-electron chi connectivity index (χ1n) is 9.42. The van der Waals surface area contributed by atoms with Gasteiger partial charge >= 0.3 is 0 Å². The number of thiazole rings is 1. The van der Waals surface area contributed by atoms with Crippen LogP contribution in [0.15, 0.2) is 39.7 Å². The normalized spacial score (nSPS) is 12.1. The smallest absolute Gasteiger partial charge is 0.267 e. The van der Waals surface area contributed by atoms with E-state index < -0.39 is 0 Å². The van der Waals surface area contributed by atoms with Gasteiger partial charge in [0.15, 0.2) is 5.13 Å². The predicted octanol–water partition coefficient (Wildman–Crippen LogP) is 4.26. The number of nitrogens with one attached hydrogen (secondary N) is 2. The van der Waals surface area contributed by atoms with Crippen molar-refractivity contribution in [3.05, 3.63) is 55.9 Å². The van der Waals surface area contributed by atoms with Gasteiger partial charge in [0.05, 0.1) is 23.0 Å². The molecule has 0 saturated carbocycles. The Labute approximate surface area is 182 Å². The molecule has 0 fully saturated rings. The summed E-state index contributed by atoms with van der Waals surface area (Å²) in [5, 5.41) is 14.2. The van der Waals surface area contributed by atoms with E-state index in [1.807, 2.05) is 16.8 Å². The van der Waals surface area contributed by atoms with Crippen LogP contribution >= 0.6 is 34.0 Å². The lowest BCUT2D eigenvalue weighted by atomic mass is 10.1. The van der Waals surface area contributed by atoms with Crippen molar-refractivity contribution in [2.45, 2.75) is 26.3 Å². The molecule has 1 atom stereocenters. The molecule has 0 bridgehead atoms. The molecule has 1 unspecified atom stereocenters. The molecule has 0 aliphatic carbocycles. The van der Waals surface area contributed by atoms with E-state index >= 15 is 0 Å². The zero-order valence-electron chi connectivity index (χ0n) is 16.4. The van der Waals surface area contributed by atoms with E-state index in [9.17, 15) is 9.59 Å². The fraction of sp³-hybridized carbons (Fsp3) is 0.350. The molecule has 6 nitrogen and oxygen atoms in total. The molecule has 2 amide bonds. The first-order chi connectivity index (χ1) is 14.1. The molecule has 154 valence electrons. The number of hydrogen-bond acceptors (Lipinski definition) is 7. The lowest BCUT2D eigenvalue weighted by Crippen LogP contribution is -2.38. The van der Waals surface area contributed by atoms with Crippen LogP contribution in [0.1, 0.15) is 40.8 Å². The molecule has 0 aliphatic rings. The fourth-order valence-corrected chi connectivity index (χ4v) is 5.07. The quantitative estimate of drug-likeness (QED) is 0.486. The molecule has 3 aromatic rings. The van der Waals surface area contributed by atoms with Crippen LogP contribution in [-0.2, 0) is 11.2 Å². The van der Waals surface area contributed by atoms with Gasteiger partial charge in [0.2, 0.25) is 5.91 Å². The average Bonchev–Trinajstić information content (AvgIpc) is 3.48. The summed E-state index contributed by atoms with van der Waals surface area (Å²) in [5.74, 6) is -0.248. The zero-order valence-corrected chi connectivity index (χ0v) is 18.8. The van der Waals surface area contributed by atoms with Gasteiger partial charge in [0, 0.05) is 11.9 Å². The summed E-state index contributed by atoms with van der Waals surface area (Å²) in [6, 6.07) is 5.87. The van der Waals surface area contributed by atoms with E-state index in [1.54, 1.807) is 17.4 Å². The standard InChI is InChI=1S/C20H24N4O2S3/c1-3-24(4-2)16(14-7-9-27-12-14)11-21-18(25)10-15-13-29-20(22-15)23-19(26)17-6-5-8-28-17/h5-9,12-13,16H,3-4,10-11H2,1-2H3,(H,21,25)(H,22,23,26). The second kappa shape index (κ2) is 10.6. The van der Waals surface area contributed by atoms with E-state index in [1.165, 1.54) is 28.2 Å². The molecule has 3 rings (SSSR count). The molecule has 0 saturated heterocycles. The third kappa shape index (κ3) is 5.96. The molecule has 0 aliphatic heterocycles. The van der Waals surface area contributed by atoms with Crippen molar-refractivity contribution >= 4 is 51.0 Å². The monoisotopic (exact) mass is 448 g/mol. The number of carbonyl (C=O) groups excluding carboxylic acids is 2. The average molecular weight is 449 g/mol. The maximum absolute atomic E-state index is 12.5. The number of amides is 2. The molecular weight excluding hydrogens is 424 g/mol. The summed E-state index contributed by atoms with van der Waals surface area (Å²) >= 11 is 4.37. The molecule has 9 heteroatoms. The number of likely N-dealkylation sites (N-methyl/N-ethyl adjacent to an activating group) is 1. The minimum absolute atomic E-state index is 0.0705. The molecule has 0 spiro atoms. The minimum atomic E-state index is -0.178. The van der Waals surface area contributed by atoms with Crippen LogP contribution in [0.2, 0.25) is 0 Å². The van der Waals surface area contributed by atoms with Gasteiger partial charge in [-0.15, -0.1) is 22.7 Å². The van der Waals surface area contributed by atoms with Crippen LogP contribution < -0.4 is 10.6 Å². The van der Waals surface area contributed by atoms with E-state index in [0.29, 0.717) is 22.2 Å². The highest BCUT2D eigenvalue weighted by molar-refractivity contribution is 7.14. The van der Waals surface area contributed by atoms with E-state index in [-0.39, 0.29) is 24.3 Å². The van der Waals surface area contributed by atoms with Gasteiger partial charge in [-0.05, 0) is 46.9 Å². The lowest BCUT2D eigenvalue weighted by Gasteiger charge is -2.29. The van der Waals surface area contributed by atoms with Gasteiger partial charge in [-0.2, -0.15) is 11.3 Å². The van der Waals surface area contributed by atoms with Crippen LogP contribution in [0.5, 0.6) is 0 Å². The summed E-state index contributed by atoms with van der Waals surface area (Å²) in [6.07, 6.45) is 0.194. The number of carbonyl (C=O) groups is 2. The summed E-state index contributed by atoms with van der Waals surface area (Å²) in [4.78, 5) is 31.9. The Bertz CT molecular complexity index is 902. The number of anilines is 1. The molecular formula is C20H24N4O2S3. The topological polar surface area (TPSA) is 74.3 Å². The largest absolute Gasteiger partial charge is 0.354 e. The van der Waals surface area contributed by atoms with E-state index in [2.05, 4.69) is 51.2 Å². The molecule has 0 aromatic carbocycles. The third-order valence-corrected chi connectivity index (χ3v) is 6.91. The van der Waals surface area contributed by atoms with Gasteiger partial charge in [-0.3, -0.25) is 19.8 Å². The number of rotatable bonds is 10. The van der Waals surface area contributed by atoms with Crippen molar-refractivity contribution in [2.75, 3.05) is 25.0 Å². The third-order valence-electron chi connectivity index (χ3n) is 4.53. The summed E-state index contributed by atoms with van der Waals surface area (Å²) in [6.45, 7) is 6.67. The van der Waals surface area contributed by atoms with Gasteiger partial charge in [0.25, 0.3) is 5.91 Å². The Morgan fingerprint density at radius 1 is 1.14 bits per heavy atom. The summed E-state index contributed by atoms with van der Waals surface area (Å²) < 4.78 is 0. The van der Waals surface area contributed by atoms with Crippen molar-refractivity contribution in [3.63, 3.8) is 0 Å². The summed E-state index contributed by atoms with van der Waals surface area (Å²) in [7, 11) is 0. The van der Waals surface area contributed by atoms with Crippen molar-refractivity contribution in [1.29, 1.82) is 0 Å². The second-order valence-corrected chi connectivity index (χ2v) is 8.94. The van der Waals surface area contributed by atoms with Crippen LogP contribution in [0, 0.1) is 0 Å². The van der Waals surface area contributed by atoms with E-state index in [4.69, 9.17) is 0 Å².